The fourth-order valence-corrected chi connectivity index (χ4v) is 2.49. The van der Waals surface area contributed by atoms with E-state index in [-0.39, 0.29) is 6.10 Å². The topological polar surface area (TPSA) is 63.2 Å². The van der Waals surface area contributed by atoms with Gasteiger partial charge in [-0.15, -0.1) is 5.10 Å². The molecule has 0 unspecified atom stereocenters. The molecule has 0 saturated carbocycles. The van der Waals surface area contributed by atoms with E-state index < -0.39 is 0 Å². The number of hydrogen-bond acceptors (Lipinski definition) is 6. The monoisotopic (exact) mass is 349 g/mol. The molecule has 3 aromatic rings. The van der Waals surface area contributed by atoms with Crippen LogP contribution in [0.5, 0.6) is 5.75 Å². The summed E-state index contributed by atoms with van der Waals surface area (Å²) in [6.07, 6.45) is 1.81. The van der Waals surface area contributed by atoms with Gasteiger partial charge in [0.25, 0.3) is 0 Å². The zero-order chi connectivity index (χ0) is 18.4. The molecule has 0 radical (unpaired) electrons. The summed E-state index contributed by atoms with van der Waals surface area (Å²) in [7, 11) is 1.98. The molecule has 1 heterocycles. The first kappa shape index (κ1) is 17.7. The van der Waals surface area contributed by atoms with Crippen LogP contribution in [-0.2, 0) is 6.54 Å². The lowest BCUT2D eigenvalue weighted by atomic mass is 10.2. The number of nitrogens with zero attached hydrogens (tertiary/aromatic N) is 4. The molecule has 3 rings (SSSR count). The molecule has 6 nitrogen and oxygen atoms in total. The van der Waals surface area contributed by atoms with Crippen molar-refractivity contribution in [3.63, 3.8) is 0 Å². The van der Waals surface area contributed by atoms with Gasteiger partial charge < -0.3 is 15.0 Å². The number of aromatic nitrogens is 3. The van der Waals surface area contributed by atoms with Crippen LogP contribution in [0.2, 0.25) is 0 Å². The van der Waals surface area contributed by atoms with Crippen molar-refractivity contribution in [3.8, 4) is 5.75 Å². The third-order valence-electron chi connectivity index (χ3n) is 3.68. The van der Waals surface area contributed by atoms with Crippen LogP contribution in [0, 0.1) is 0 Å². The third kappa shape index (κ3) is 4.92. The Morgan fingerprint density at radius 1 is 1.04 bits per heavy atom. The van der Waals surface area contributed by atoms with Gasteiger partial charge in [-0.2, -0.15) is 10.1 Å². The average Bonchev–Trinajstić information content (AvgIpc) is 2.64. The SMILES string of the molecule is CC(C)Oc1ccc(Nc2nncc(N(C)Cc3ccccc3)n2)cc1. The molecule has 134 valence electrons. The van der Waals surface area contributed by atoms with Gasteiger partial charge in [-0.05, 0) is 43.7 Å². The van der Waals surface area contributed by atoms with Crippen LogP contribution in [0.3, 0.4) is 0 Å². The Balaban J connectivity index is 1.67. The summed E-state index contributed by atoms with van der Waals surface area (Å²) in [4.78, 5) is 6.58. The van der Waals surface area contributed by atoms with E-state index in [1.54, 1.807) is 6.20 Å². The first-order chi connectivity index (χ1) is 12.6. The maximum Gasteiger partial charge on any atom is 0.249 e. The Hall–Kier alpha value is -3.15. The molecule has 1 aromatic heterocycles. The molecule has 0 fully saturated rings. The van der Waals surface area contributed by atoms with E-state index in [1.807, 2.05) is 68.3 Å². The molecule has 0 amide bonds. The second-order valence-corrected chi connectivity index (χ2v) is 6.30. The fourth-order valence-electron chi connectivity index (χ4n) is 2.49. The van der Waals surface area contributed by atoms with Crippen molar-refractivity contribution in [2.24, 2.45) is 0 Å². The molecule has 0 aliphatic rings. The van der Waals surface area contributed by atoms with E-state index in [4.69, 9.17) is 4.74 Å². The molecule has 0 aliphatic heterocycles. The van der Waals surface area contributed by atoms with Gasteiger partial charge in [-0.25, -0.2) is 0 Å². The Bertz CT molecular complexity index is 821. The van der Waals surface area contributed by atoms with Crippen molar-refractivity contribution < 1.29 is 4.74 Å². The van der Waals surface area contributed by atoms with E-state index >= 15 is 0 Å². The number of hydrogen-bond donors (Lipinski definition) is 1. The minimum atomic E-state index is 0.151. The van der Waals surface area contributed by atoms with Gasteiger partial charge in [0.1, 0.15) is 5.75 Å². The molecule has 0 spiro atoms. The van der Waals surface area contributed by atoms with E-state index in [0.29, 0.717) is 5.95 Å². The Morgan fingerprint density at radius 3 is 2.46 bits per heavy atom. The van der Waals surface area contributed by atoms with E-state index in [1.165, 1.54) is 5.56 Å². The molecule has 6 heteroatoms. The predicted molar refractivity (Wildman–Crippen MR) is 104 cm³/mol. The number of ether oxygens (including phenoxy) is 1. The maximum atomic E-state index is 5.65. The summed E-state index contributed by atoms with van der Waals surface area (Å²) >= 11 is 0. The van der Waals surface area contributed by atoms with Gasteiger partial charge in [-0.3, -0.25) is 0 Å². The Kier molecular flexibility index (Phi) is 5.63. The zero-order valence-electron chi connectivity index (χ0n) is 15.3. The quantitative estimate of drug-likeness (QED) is 0.694. The molecule has 26 heavy (non-hydrogen) atoms. The maximum absolute atomic E-state index is 5.65. The van der Waals surface area contributed by atoms with Crippen LogP contribution in [0.25, 0.3) is 0 Å². The largest absolute Gasteiger partial charge is 0.491 e. The van der Waals surface area contributed by atoms with E-state index in [0.717, 1.165) is 23.8 Å². The van der Waals surface area contributed by atoms with Crippen molar-refractivity contribution >= 4 is 17.5 Å². The minimum Gasteiger partial charge on any atom is -0.491 e. The van der Waals surface area contributed by atoms with Gasteiger partial charge in [0, 0.05) is 19.3 Å². The molecular formula is C20H23N5O. The molecule has 0 bridgehead atoms. The zero-order valence-corrected chi connectivity index (χ0v) is 15.3. The van der Waals surface area contributed by atoms with Crippen molar-refractivity contribution in [2.45, 2.75) is 26.5 Å². The Morgan fingerprint density at radius 2 is 1.77 bits per heavy atom. The van der Waals surface area contributed by atoms with Crippen molar-refractivity contribution in [1.82, 2.24) is 15.2 Å². The normalized spacial score (nSPS) is 10.6. The van der Waals surface area contributed by atoms with Crippen molar-refractivity contribution in [2.75, 3.05) is 17.3 Å². The summed E-state index contributed by atoms with van der Waals surface area (Å²) in [6.45, 7) is 4.76. The lowest BCUT2D eigenvalue weighted by Gasteiger charge is -2.18. The van der Waals surface area contributed by atoms with Crippen molar-refractivity contribution in [1.29, 1.82) is 0 Å². The summed E-state index contributed by atoms with van der Waals surface area (Å²) < 4.78 is 5.65. The molecule has 0 atom stereocenters. The number of nitrogens with one attached hydrogen (secondary N) is 1. The van der Waals surface area contributed by atoms with Crippen molar-refractivity contribution in [3.05, 3.63) is 66.4 Å². The first-order valence-corrected chi connectivity index (χ1v) is 8.58. The van der Waals surface area contributed by atoms with Gasteiger partial charge in [0.15, 0.2) is 5.82 Å². The summed E-state index contributed by atoms with van der Waals surface area (Å²) in [6, 6.07) is 17.9. The highest BCUT2D eigenvalue weighted by Crippen LogP contribution is 2.20. The summed E-state index contributed by atoms with van der Waals surface area (Å²) in [5.74, 6) is 2.05. The number of rotatable bonds is 7. The summed E-state index contributed by atoms with van der Waals surface area (Å²) in [5, 5.41) is 11.3. The van der Waals surface area contributed by atoms with E-state index in [9.17, 15) is 0 Å². The van der Waals surface area contributed by atoms with Crippen LogP contribution in [0.15, 0.2) is 60.8 Å². The van der Waals surface area contributed by atoms with Gasteiger partial charge in [-0.1, -0.05) is 30.3 Å². The highest BCUT2D eigenvalue weighted by atomic mass is 16.5. The van der Waals surface area contributed by atoms with Gasteiger partial charge in [0.2, 0.25) is 5.95 Å². The second-order valence-electron chi connectivity index (χ2n) is 6.30. The van der Waals surface area contributed by atoms with Crippen LogP contribution >= 0.6 is 0 Å². The lowest BCUT2D eigenvalue weighted by molar-refractivity contribution is 0.242. The predicted octanol–water partition coefficient (Wildman–Crippen LogP) is 4.04. The van der Waals surface area contributed by atoms with Crippen LogP contribution in [0.4, 0.5) is 17.5 Å². The highest BCUT2D eigenvalue weighted by Gasteiger charge is 2.07. The first-order valence-electron chi connectivity index (χ1n) is 8.58. The molecule has 2 aromatic carbocycles. The molecule has 1 N–H and O–H groups in total. The average molecular weight is 349 g/mol. The van der Waals surface area contributed by atoms with E-state index in [2.05, 4.69) is 32.6 Å². The second kappa shape index (κ2) is 8.29. The third-order valence-corrected chi connectivity index (χ3v) is 3.68. The van der Waals surface area contributed by atoms with Gasteiger partial charge in [0.05, 0.1) is 12.3 Å². The van der Waals surface area contributed by atoms with Crippen LogP contribution in [0.1, 0.15) is 19.4 Å². The molecule has 0 aliphatic carbocycles. The smallest absolute Gasteiger partial charge is 0.249 e. The van der Waals surface area contributed by atoms with Crippen LogP contribution < -0.4 is 15.0 Å². The lowest BCUT2D eigenvalue weighted by Crippen LogP contribution is -2.18. The number of benzene rings is 2. The molecular weight excluding hydrogens is 326 g/mol. The van der Waals surface area contributed by atoms with Crippen LogP contribution in [-0.4, -0.2) is 28.3 Å². The minimum absolute atomic E-state index is 0.151. The fraction of sp³-hybridized carbons (Fsp3) is 0.250. The molecule has 0 saturated heterocycles. The summed E-state index contributed by atoms with van der Waals surface area (Å²) in [5.41, 5.74) is 2.09. The number of anilines is 3. The highest BCUT2D eigenvalue weighted by molar-refractivity contribution is 5.55. The van der Waals surface area contributed by atoms with Gasteiger partial charge >= 0.3 is 0 Å². The Labute approximate surface area is 153 Å². The standard InChI is InChI=1S/C20H23N5O/c1-15(2)26-18-11-9-17(10-12-18)22-20-23-19(13-21-24-20)25(3)14-16-7-5-4-6-8-16/h4-13,15H,14H2,1-3H3,(H,22,23,24).